The number of carbonyl (C=O) groups excluding carboxylic acids is 2. The molecule has 54 heavy (non-hydrogen) atoms. The van der Waals surface area contributed by atoms with E-state index in [0.717, 1.165) is 24.3 Å². The molecule has 1 amide bonds. The Bertz CT molecular complexity index is 1720. The van der Waals surface area contributed by atoms with Gasteiger partial charge >= 0.3 is 6.09 Å². The minimum Gasteiger partial charge on any atom is -0.453 e. The molecular weight excluding hydrogens is 733 g/mol. The third-order valence-corrected chi connectivity index (χ3v) is 16.2. The van der Waals surface area contributed by atoms with Crippen LogP contribution in [0.5, 0.6) is 0 Å². The molecule has 292 valence electrons. The van der Waals surface area contributed by atoms with Crippen molar-refractivity contribution in [1.29, 1.82) is 0 Å². The van der Waals surface area contributed by atoms with Crippen molar-refractivity contribution < 1.29 is 48.2 Å². The van der Waals surface area contributed by atoms with Crippen molar-refractivity contribution in [3.63, 3.8) is 0 Å². The number of nitrogens with one attached hydrogen (secondary N) is 2. The summed E-state index contributed by atoms with van der Waals surface area (Å²) < 4.78 is 36.4. The molecule has 2 saturated heterocycles. The van der Waals surface area contributed by atoms with Crippen LogP contribution in [-0.2, 0) is 33.2 Å². The van der Waals surface area contributed by atoms with Gasteiger partial charge < -0.3 is 44.0 Å². The molecule has 2 aliphatic heterocycles. The molecule has 12 nitrogen and oxygen atoms in total. The molecule has 4 N–H and O–H groups in total. The quantitative estimate of drug-likeness (QED) is 0.130. The number of aliphatic hydroxyl groups is 2. The van der Waals surface area contributed by atoms with E-state index in [1.807, 2.05) is 30.7 Å². The molecule has 1 spiro atoms. The molecule has 8 aliphatic rings. The normalized spacial score (nSPS) is 45.3. The van der Waals surface area contributed by atoms with Crippen LogP contribution in [0.15, 0.2) is 35.1 Å². The number of aliphatic hydroxyl groups excluding tert-OH is 1. The number of fused-ring (bicyclic) bond motifs is 2. The SMILES string of the molecule is CCN[C@H]1CO[C@@H](O[C@H]2[C@H](O[C@H]3C#C/C=C\C#C[C@]4(O)CC(=O)C(NC(=O)OC)=C3/C4=C\CSSC34CC5CC6CC(C3)C654)O[C@H](C)C[C@@H]2O)C[C@@H]1OC. The highest BCUT2D eigenvalue weighted by molar-refractivity contribution is 8.77. The van der Waals surface area contributed by atoms with Crippen molar-refractivity contribution >= 4 is 33.5 Å². The zero-order chi connectivity index (χ0) is 37.8. The molecule has 11 atom stereocenters. The fraction of sp³-hybridized carbons (Fsp3) is 0.700. The van der Waals surface area contributed by atoms with Crippen molar-refractivity contribution in [2.45, 2.75) is 118 Å². The first kappa shape index (κ1) is 38.5. The maximum absolute atomic E-state index is 13.9. The highest BCUT2D eigenvalue weighted by Crippen LogP contribution is 2.92. The minimum atomic E-state index is -1.90. The highest BCUT2D eigenvalue weighted by Gasteiger charge is 2.87. The van der Waals surface area contributed by atoms with Crippen molar-refractivity contribution in [2.75, 3.05) is 33.1 Å². The van der Waals surface area contributed by atoms with Crippen LogP contribution in [0.2, 0.25) is 0 Å². The highest BCUT2D eigenvalue weighted by atomic mass is 33.1. The molecule has 14 heteroatoms. The molecule has 0 radical (unpaired) electrons. The number of ketones is 1. The lowest BCUT2D eigenvalue weighted by Gasteiger charge is -2.90. The zero-order valence-electron chi connectivity index (χ0n) is 31.1. The summed E-state index contributed by atoms with van der Waals surface area (Å²) >= 11 is 0. The lowest BCUT2D eigenvalue weighted by Crippen LogP contribution is -2.87. The van der Waals surface area contributed by atoms with Crippen LogP contribution < -0.4 is 10.6 Å². The van der Waals surface area contributed by atoms with Gasteiger partial charge in [-0.1, -0.05) is 58.3 Å². The van der Waals surface area contributed by atoms with Crippen LogP contribution in [0, 0.1) is 46.9 Å². The van der Waals surface area contributed by atoms with E-state index in [0.29, 0.717) is 34.5 Å². The Labute approximate surface area is 324 Å². The number of carbonyl (C=O) groups is 2. The van der Waals surface area contributed by atoms with Crippen molar-refractivity contribution in [2.24, 2.45) is 23.2 Å². The lowest BCUT2D eigenvalue weighted by molar-refractivity contribution is -0.356. The van der Waals surface area contributed by atoms with E-state index >= 15 is 0 Å². The van der Waals surface area contributed by atoms with E-state index in [2.05, 4.69) is 34.3 Å². The zero-order valence-corrected chi connectivity index (χ0v) is 32.8. The Morgan fingerprint density at radius 1 is 1.11 bits per heavy atom. The number of allylic oxidation sites excluding steroid dienone is 3. The van der Waals surface area contributed by atoms with Crippen LogP contribution in [-0.4, -0.2) is 115 Å². The first-order valence-corrected chi connectivity index (χ1v) is 21.4. The summed E-state index contributed by atoms with van der Waals surface area (Å²) in [4.78, 5) is 26.6. The van der Waals surface area contributed by atoms with E-state index in [4.69, 9.17) is 28.4 Å². The van der Waals surface area contributed by atoms with Crippen LogP contribution in [0.25, 0.3) is 0 Å². The number of Topliss-reactive ketones (excluding diaryl/α,β-unsaturated/α-hetero) is 1. The Balaban J connectivity index is 1.09. The number of methoxy groups -OCH3 is 2. The number of rotatable bonds is 12. The second-order valence-electron chi connectivity index (χ2n) is 15.8. The van der Waals surface area contributed by atoms with Gasteiger partial charge in [0.15, 0.2) is 24.0 Å². The maximum Gasteiger partial charge on any atom is 0.411 e. The van der Waals surface area contributed by atoms with Crippen molar-refractivity contribution in [3.8, 4) is 23.7 Å². The number of hydrogen-bond acceptors (Lipinski definition) is 13. The molecule has 6 aliphatic carbocycles. The maximum atomic E-state index is 13.9. The van der Waals surface area contributed by atoms with Gasteiger partial charge in [-0.05, 0) is 74.5 Å². The van der Waals surface area contributed by atoms with Gasteiger partial charge in [0.2, 0.25) is 0 Å². The van der Waals surface area contributed by atoms with E-state index in [1.165, 1.54) is 44.9 Å². The van der Waals surface area contributed by atoms with Crippen LogP contribution in [0.4, 0.5) is 4.79 Å². The van der Waals surface area contributed by atoms with Gasteiger partial charge in [-0.2, -0.15) is 0 Å². The predicted molar refractivity (Wildman–Crippen MR) is 201 cm³/mol. The molecule has 0 aromatic carbocycles. The molecule has 0 aromatic heterocycles. The van der Waals surface area contributed by atoms with E-state index in [-0.39, 0.29) is 29.8 Å². The van der Waals surface area contributed by atoms with Gasteiger partial charge in [-0.15, -0.1) is 0 Å². The van der Waals surface area contributed by atoms with Crippen LogP contribution in [0.1, 0.15) is 58.8 Å². The van der Waals surface area contributed by atoms with E-state index in [9.17, 15) is 19.8 Å². The average Bonchev–Trinajstić information content (AvgIpc) is 3.10. The number of likely N-dealkylation sites (N-methyl/N-ethyl adjacent to an activating group) is 1. The number of ether oxygens (including phenoxy) is 6. The summed E-state index contributed by atoms with van der Waals surface area (Å²) in [5.74, 6) is 14.4. The van der Waals surface area contributed by atoms with Gasteiger partial charge in [0.25, 0.3) is 0 Å². The summed E-state index contributed by atoms with van der Waals surface area (Å²) in [7, 11) is 6.57. The number of hydrogen-bond donors (Lipinski definition) is 4. The molecule has 2 unspecified atom stereocenters. The summed E-state index contributed by atoms with van der Waals surface area (Å²) in [5, 5.41) is 29.6. The van der Waals surface area contributed by atoms with Crippen molar-refractivity contribution in [3.05, 3.63) is 35.1 Å². The topological polar surface area (TPSA) is 154 Å². The molecular formula is C40H50N2O10S2. The number of amides is 1. The fourth-order valence-corrected chi connectivity index (χ4v) is 14.4. The summed E-state index contributed by atoms with van der Waals surface area (Å²) in [6.07, 6.45) is 3.90. The molecule has 2 bridgehead atoms. The standard InChI is InChI=1S/C40H50N2O10S2/c1-5-41-27-21-49-32(17-31(27)47-3)52-35-28(43)14-22(2)50-36(35)51-30-10-8-6-7-9-12-38(46)20-29(44)34(42-37(45)48-4)33(30)26(38)11-13-53-54-39-18-24-15-23-16-25(19-39)40(23,24)39/h6-7,11,22-25,27-28,30-32,35-36,41,43,46H,5,13-21H2,1-4H3,(H,42,45)/b7-6-,26-11+/t22-,23?,24?,25?,27+,28+,30+,31+,32+,35-,36+,38+,39?,40?/m1/s1. The Hall–Kier alpha value is -2.34. The first-order chi connectivity index (χ1) is 26.1. The summed E-state index contributed by atoms with van der Waals surface area (Å²) in [5.41, 5.74) is -0.979. The summed E-state index contributed by atoms with van der Waals surface area (Å²) in [6.45, 7) is 4.93. The smallest absolute Gasteiger partial charge is 0.411 e. The average molecular weight is 783 g/mol. The monoisotopic (exact) mass is 782 g/mol. The third-order valence-electron chi connectivity index (χ3n) is 13.1. The number of alkyl carbamates (subject to hydrolysis) is 1. The van der Waals surface area contributed by atoms with Crippen LogP contribution in [0.3, 0.4) is 0 Å². The van der Waals surface area contributed by atoms with Gasteiger partial charge in [0.05, 0.1) is 50.2 Å². The molecule has 8 rings (SSSR count). The molecule has 6 fully saturated rings. The Kier molecular flexibility index (Phi) is 10.8. The predicted octanol–water partition coefficient (Wildman–Crippen LogP) is 3.38. The summed E-state index contributed by atoms with van der Waals surface area (Å²) in [6, 6.07) is -0.0187. The molecule has 2 heterocycles. The Morgan fingerprint density at radius 3 is 2.59 bits per heavy atom. The van der Waals surface area contributed by atoms with Gasteiger partial charge in [0.1, 0.15) is 12.2 Å². The second kappa shape index (κ2) is 15.2. The lowest BCUT2D eigenvalue weighted by atomic mass is 9.18. The van der Waals surface area contributed by atoms with E-state index < -0.39 is 60.9 Å². The first-order valence-electron chi connectivity index (χ1n) is 19.1. The molecule has 0 aromatic rings. The Morgan fingerprint density at radius 2 is 1.89 bits per heavy atom. The van der Waals surface area contributed by atoms with Gasteiger partial charge in [-0.25, -0.2) is 4.79 Å². The van der Waals surface area contributed by atoms with Gasteiger partial charge in [0, 0.05) is 41.6 Å². The largest absolute Gasteiger partial charge is 0.453 e. The third kappa shape index (κ3) is 6.39. The van der Waals surface area contributed by atoms with E-state index in [1.54, 1.807) is 17.9 Å². The van der Waals surface area contributed by atoms with Crippen molar-refractivity contribution in [1.82, 2.24) is 10.6 Å². The van der Waals surface area contributed by atoms with Crippen LogP contribution >= 0.6 is 21.6 Å². The molecule has 4 saturated carbocycles. The fourth-order valence-electron chi connectivity index (χ4n) is 10.8. The van der Waals surface area contributed by atoms with Gasteiger partial charge in [-0.3, -0.25) is 10.1 Å². The minimum absolute atomic E-state index is 0.0187. The second-order valence-corrected chi connectivity index (χ2v) is 18.5.